The Labute approximate surface area is 265 Å². The van der Waals surface area contributed by atoms with Crippen LogP contribution in [-0.2, 0) is 18.9 Å². The van der Waals surface area contributed by atoms with Gasteiger partial charge in [-0.25, -0.2) is 14.8 Å². The number of rotatable bonds is 5. The number of hydrogen-bond acceptors (Lipinski definition) is 7. The van der Waals surface area contributed by atoms with Crippen LogP contribution in [0.3, 0.4) is 0 Å². The Kier molecular flexibility index (Phi) is 7.19. The summed E-state index contributed by atoms with van der Waals surface area (Å²) in [6, 6.07) is 14.1. The molecule has 12 heteroatoms. The minimum atomic E-state index is -0.480. The lowest BCUT2D eigenvalue weighted by atomic mass is 9.95. The van der Waals surface area contributed by atoms with E-state index in [-0.39, 0.29) is 23.4 Å². The number of nitrogens with zero attached hydrogens (tertiary/aromatic N) is 6. The molecule has 7 rings (SSSR count). The number of hydrogen-bond donors (Lipinski definition) is 2. The zero-order chi connectivity index (χ0) is 32.1. The highest BCUT2D eigenvalue weighted by atomic mass is 16.5. The Bertz CT molecular complexity index is 2070. The van der Waals surface area contributed by atoms with Gasteiger partial charge in [0, 0.05) is 81.9 Å². The fraction of sp³-hybridized carbons (Fsp3) is 0.265. The molecule has 5 aromatic rings. The number of amides is 3. The van der Waals surface area contributed by atoms with Crippen molar-refractivity contribution < 1.29 is 19.1 Å². The average Bonchev–Trinajstić information content (AvgIpc) is 3.66. The molecule has 0 atom stereocenters. The summed E-state index contributed by atoms with van der Waals surface area (Å²) in [6.45, 7) is 1.49. The normalized spacial score (nSPS) is 15.8. The number of benzene rings is 2. The van der Waals surface area contributed by atoms with Crippen LogP contribution >= 0.6 is 0 Å². The maximum atomic E-state index is 13.6. The van der Waals surface area contributed by atoms with E-state index in [0.29, 0.717) is 22.9 Å². The highest BCUT2D eigenvalue weighted by Gasteiger charge is 2.30. The SMILES string of the molecule is CN(C)C(=O)C1CCN(c2ccnc3c2c(/C=C2\Oc4ccc(NC(=O)Nc5nc6ccccc6n5C)cc4C2=O)cn3C)CC1. The first-order valence-corrected chi connectivity index (χ1v) is 15.2. The Hall–Kier alpha value is -5.65. The van der Waals surface area contributed by atoms with Gasteiger partial charge in [-0.3, -0.25) is 14.9 Å². The van der Waals surface area contributed by atoms with Gasteiger partial charge in [0.1, 0.15) is 11.4 Å². The average molecular weight is 619 g/mol. The van der Waals surface area contributed by atoms with Gasteiger partial charge >= 0.3 is 6.03 Å². The van der Waals surface area contributed by atoms with Crippen molar-refractivity contribution in [1.29, 1.82) is 0 Å². The van der Waals surface area contributed by atoms with Crippen LogP contribution in [0, 0.1) is 5.92 Å². The van der Waals surface area contributed by atoms with E-state index in [0.717, 1.165) is 59.2 Å². The van der Waals surface area contributed by atoms with Crippen molar-refractivity contribution in [2.75, 3.05) is 42.7 Å². The Balaban J connectivity index is 1.11. The lowest BCUT2D eigenvalue weighted by Crippen LogP contribution is -2.40. The number of nitrogens with one attached hydrogen (secondary N) is 2. The van der Waals surface area contributed by atoms with Crippen molar-refractivity contribution in [3.8, 4) is 5.75 Å². The first-order valence-electron chi connectivity index (χ1n) is 15.2. The Morgan fingerprint density at radius 2 is 1.83 bits per heavy atom. The van der Waals surface area contributed by atoms with Gasteiger partial charge in [-0.05, 0) is 55.3 Å². The van der Waals surface area contributed by atoms with Gasteiger partial charge in [0.05, 0.1) is 16.6 Å². The van der Waals surface area contributed by atoms with E-state index >= 15 is 0 Å². The standard InChI is InChI=1S/C34H34N8O4/c1-39(2)32(44)20-12-15-42(16-13-20)26-11-14-35-31-29(26)21(19-40(31)3)17-28-30(43)23-18-22(9-10-27(23)46-28)36-34(45)38-33-37-24-7-5-6-8-25(24)41(33)4/h5-11,14,17-20H,12-13,15-16H2,1-4H3,(H2,36,37,38,45)/b28-17-. The molecule has 1 fully saturated rings. The predicted molar refractivity (Wildman–Crippen MR) is 177 cm³/mol. The molecule has 46 heavy (non-hydrogen) atoms. The molecular formula is C34H34N8O4. The van der Waals surface area contributed by atoms with Crippen molar-refractivity contribution in [2.24, 2.45) is 20.0 Å². The number of carbonyl (C=O) groups is 3. The number of imidazole rings is 1. The number of piperidine rings is 1. The molecule has 2 aliphatic rings. The second-order valence-electron chi connectivity index (χ2n) is 11.9. The van der Waals surface area contributed by atoms with E-state index in [9.17, 15) is 14.4 Å². The van der Waals surface area contributed by atoms with Crippen LogP contribution in [0.25, 0.3) is 28.1 Å². The molecule has 0 unspecified atom stereocenters. The quantitative estimate of drug-likeness (QED) is 0.265. The predicted octanol–water partition coefficient (Wildman–Crippen LogP) is 5.02. The molecule has 2 N–H and O–H groups in total. The molecule has 1 saturated heterocycles. The molecule has 234 valence electrons. The number of aromatic nitrogens is 4. The van der Waals surface area contributed by atoms with Gasteiger partial charge in [0.25, 0.3) is 0 Å². The maximum absolute atomic E-state index is 13.6. The van der Waals surface area contributed by atoms with Gasteiger partial charge in [0.15, 0.2) is 5.76 Å². The second-order valence-corrected chi connectivity index (χ2v) is 11.9. The molecule has 0 spiro atoms. The number of ether oxygens (including phenoxy) is 1. The van der Waals surface area contributed by atoms with Gasteiger partial charge in [-0.2, -0.15) is 0 Å². The Morgan fingerprint density at radius 1 is 1.04 bits per heavy atom. The van der Waals surface area contributed by atoms with Crippen LogP contribution < -0.4 is 20.3 Å². The third-order valence-corrected chi connectivity index (χ3v) is 8.71. The van der Waals surface area contributed by atoms with Crippen molar-refractivity contribution in [2.45, 2.75) is 12.8 Å². The smallest absolute Gasteiger partial charge is 0.326 e. The largest absolute Gasteiger partial charge is 0.452 e. The highest BCUT2D eigenvalue weighted by molar-refractivity contribution is 6.16. The summed E-state index contributed by atoms with van der Waals surface area (Å²) in [7, 11) is 7.35. The minimum absolute atomic E-state index is 0.0179. The summed E-state index contributed by atoms with van der Waals surface area (Å²) < 4.78 is 9.75. The number of allylic oxidation sites excluding steroid dienone is 1. The molecule has 0 saturated carbocycles. The van der Waals surface area contributed by atoms with Gasteiger partial charge in [0.2, 0.25) is 17.6 Å². The van der Waals surface area contributed by atoms with E-state index < -0.39 is 6.03 Å². The number of urea groups is 1. The number of pyridine rings is 1. The molecule has 0 bridgehead atoms. The van der Waals surface area contributed by atoms with Crippen LogP contribution in [0.15, 0.2) is 66.7 Å². The molecule has 5 heterocycles. The summed E-state index contributed by atoms with van der Waals surface area (Å²) >= 11 is 0. The third-order valence-electron chi connectivity index (χ3n) is 8.71. The van der Waals surface area contributed by atoms with Crippen LogP contribution in [0.5, 0.6) is 5.75 Å². The molecule has 12 nitrogen and oxygen atoms in total. The van der Waals surface area contributed by atoms with Crippen molar-refractivity contribution in [3.05, 3.63) is 77.8 Å². The maximum Gasteiger partial charge on any atom is 0.326 e. The number of para-hydroxylation sites is 2. The number of Topliss-reactive ketones (excluding diaryl/α,β-unsaturated/α-hetero) is 1. The van der Waals surface area contributed by atoms with E-state index in [1.54, 1.807) is 54.0 Å². The van der Waals surface area contributed by atoms with Crippen molar-refractivity contribution in [1.82, 2.24) is 24.0 Å². The zero-order valence-corrected chi connectivity index (χ0v) is 26.1. The second kappa shape index (κ2) is 11.4. The lowest BCUT2D eigenvalue weighted by molar-refractivity contribution is -0.133. The Morgan fingerprint density at radius 3 is 2.59 bits per heavy atom. The fourth-order valence-corrected chi connectivity index (χ4v) is 6.35. The van der Waals surface area contributed by atoms with Gasteiger partial charge in [-0.15, -0.1) is 0 Å². The molecule has 0 aliphatic carbocycles. The zero-order valence-electron chi connectivity index (χ0n) is 26.1. The molecular weight excluding hydrogens is 584 g/mol. The van der Waals surface area contributed by atoms with Gasteiger partial charge in [-0.1, -0.05) is 12.1 Å². The summed E-state index contributed by atoms with van der Waals surface area (Å²) in [5, 5.41) is 6.49. The first kappa shape index (κ1) is 29.1. The molecule has 2 aliphatic heterocycles. The van der Waals surface area contributed by atoms with E-state index in [1.165, 1.54) is 0 Å². The third kappa shape index (κ3) is 5.11. The highest BCUT2D eigenvalue weighted by Crippen LogP contribution is 2.37. The topological polar surface area (TPSA) is 127 Å². The molecule has 3 amide bonds. The van der Waals surface area contributed by atoms with Crippen molar-refractivity contribution >= 4 is 63.2 Å². The van der Waals surface area contributed by atoms with Crippen LogP contribution in [0.4, 0.5) is 22.1 Å². The summed E-state index contributed by atoms with van der Waals surface area (Å²) in [5.74, 6) is 0.920. The van der Waals surface area contributed by atoms with Crippen molar-refractivity contribution in [3.63, 3.8) is 0 Å². The number of ketones is 1. The van der Waals surface area contributed by atoms with Crippen LogP contribution in [0.1, 0.15) is 28.8 Å². The number of anilines is 3. The molecule has 0 radical (unpaired) electrons. The summed E-state index contributed by atoms with van der Waals surface area (Å²) in [4.78, 5) is 52.0. The number of carbonyl (C=O) groups excluding carboxylic acids is 3. The first-order chi connectivity index (χ1) is 22.2. The monoisotopic (exact) mass is 618 g/mol. The molecule has 2 aromatic carbocycles. The lowest BCUT2D eigenvalue weighted by Gasteiger charge is -2.34. The minimum Gasteiger partial charge on any atom is -0.452 e. The van der Waals surface area contributed by atoms with Crippen LogP contribution in [-0.4, -0.2) is 68.9 Å². The summed E-state index contributed by atoms with van der Waals surface area (Å²) in [6.07, 6.45) is 7.03. The number of aryl methyl sites for hydroxylation is 2. The molecule has 3 aromatic heterocycles. The fourth-order valence-electron chi connectivity index (χ4n) is 6.35. The van der Waals surface area contributed by atoms with Gasteiger partial charge < -0.3 is 29.0 Å². The summed E-state index contributed by atoms with van der Waals surface area (Å²) in [5.41, 5.74) is 5.08. The van der Waals surface area contributed by atoms with E-state index in [1.807, 2.05) is 55.2 Å². The van der Waals surface area contributed by atoms with E-state index in [4.69, 9.17) is 4.74 Å². The number of fused-ring (bicyclic) bond motifs is 3. The van der Waals surface area contributed by atoms with Crippen LogP contribution in [0.2, 0.25) is 0 Å². The van der Waals surface area contributed by atoms with E-state index in [2.05, 4.69) is 25.5 Å².